The number of hydrogen-bond acceptors (Lipinski definition) is 2. The minimum Gasteiger partial charge on any atom is -0.243 e. The van der Waals surface area contributed by atoms with E-state index in [0.717, 1.165) is 16.4 Å². The molecule has 2 nitrogen and oxygen atoms in total. The molecular formula is C14H2F27O2. The van der Waals surface area contributed by atoms with E-state index in [9.17, 15) is 119 Å². The highest BCUT2D eigenvalue weighted by Crippen LogP contribution is 2.63. The number of hydrogen-bond donors (Lipinski definition) is 0. The molecule has 259 valence electrons. The SMILES string of the molecule is [CH2]C(F)(F)C(F)(F)C(F)(F)C(F)(F)C(F)(F)C(F)(F)C(F)(F)OC(F)(F)C(F)(F)OC(F)(F)C(F)(F)C(F)(F)C(F)(F)F. The van der Waals surface area contributed by atoms with Crippen molar-refractivity contribution >= 4 is 0 Å². The molecule has 43 heavy (non-hydrogen) atoms. The molecular weight excluding hydrogens is 713 g/mol. The van der Waals surface area contributed by atoms with Crippen molar-refractivity contribution < 1.29 is 128 Å². The molecule has 1 radical (unpaired) electrons. The van der Waals surface area contributed by atoms with Crippen LogP contribution in [0.15, 0.2) is 0 Å². The highest BCUT2D eigenvalue weighted by Gasteiger charge is 2.94. The summed E-state index contributed by atoms with van der Waals surface area (Å²) in [5, 5.41) is 0. The first-order valence-corrected chi connectivity index (χ1v) is 8.77. The van der Waals surface area contributed by atoms with Crippen LogP contribution in [0.25, 0.3) is 0 Å². The van der Waals surface area contributed by atoms with Gasteiger partial charge in [0.2, 0.25) is 0 Å². The maximum atomic E-state index is 13.4. The van der Waals surface area contributed by atoms with Gasteiger partial charge < -0.3 is 0 Å². The Kier molecular flexibility index (Phi) is 9.56. The van der Waals surface area contributed by atoms with Gasteiger partial charge in [-0.3, -0.25) is 0 Å². The van der Waals surface area contributed by atoms with Gasteiger partial charge in [-0.2, -0.15) is 119 Å². The molecule has 0 spiro atoms. The zero-order valence-corrected chi connectivity index (χ0v) is 18.2. The molecule has 0 bridgehead atoms. The molecule has 0 aromatic carbocycles. The lowest BCUT2D eigenvalue weighted by molar-refractivity contribution is -0.559. The van der Waals surface area contributed by atoms with Crippen molar-refractivity contribution in [1.82, 2.24) is 0 Å². The van der Waals surface area contributed by atoms with E-state index in [1.54, 1.807) is 0 Å². The summed E-state index contributed by atoms with van der Waals surface area (Å²) >= 11 is 0. The van der Waals surface area contributed by atoms with E-state index in [4.69, 9.17) is 0 Å². The fraction of sp³-hybridized carbons (Fsp3) is 0.929. The second-order valence-electron chi connectivity index (χ2n) is 7.49. The predicted molar refractivity (Wildman–Crippen MR) is 72.9 cm³/mol. The zero-order chi connectivity index (χ0) is 35.9. The molecule has 0 amide bonds. The average molecular weight is 715 g/mol. The van der Waals surface area contributed by atoms with Crippen molar-refractivity contribution in [3.05, 3.63) is 6.92 Å². The molecule has 0 aliphatic heterocycles. The summed E-state index contributed by atoms with van der Waals surface area (Å²) in [6, 6.07) is 0. The van der Waals surface area contributed by atoms with Crippen molar-refractivity contribution in [3.63, 3.8) is 0 Å². The van der Waals surface area contributed by atoms with E-state index in [0.29, 0.717) is 0 Å². The standard InChI is InChI=1S/C14H2F27O2/c1-2(15,16)3(17,18)4(19,20)5(21,22)6(23,24)8(27,28)11(34,35)42-13(38,39)14(40,41)43-12(36,37)9(29,30)7(25,26)10(31,32)33/h1H2. The van der Waals surface area contributed by atoms with E-state index < -0.39 is 78.0 Å². The van der Waals surface area contributed by atoms with Crippen LogP contribution >= 0.6 is 0 Å². The molecule has 0 aromatic heterocycles. The van der Waals surface area contributed by atoms with Crippen molar-refractivity contribution in [2.45, 2.75) is 78.0 Å². The van der Waals surface area contributed by atoms with Crippen LogP contribution < -0.4 is 0 Å². The van der Waals surface area contributed by atoms with Gasteiger partial charge in [0.05, 0.1) is 0 Å². The third kappa shape index (κ3) is 5.79. The van der Waals surface area contributed by atoms with E-state index >= 15 is 0 Å². The normalized spacial score (nSPS) is 17.0. The Morgan fingerprint density at radius 3 is 0.698 bits per heavy atom. The summed E-state index contributed by atoms with van der Waals surface area (Å²) in [4.78, 5) is 0. The van der Waals surface area contributed by atoms with Gasteiger partial charge in [0, 0.05) is 6.92 Å². The van der Waals surface area contributed by atoms with Gasteiger partial charge in [-0.25, -0.2) is 9.47 Å². The quantitative estimate of drug-likeness (QED) is 0.178. The molecule has 0 fully saturated rings. The molecule has 0 heterocycles. The van der Waals surface area contributed by atoms with Gasteiger partial charge in [0.1, 0.15) is 0 Å². The molecule has 0 rings (SSSR count). The number of alkyl halides is 27. The molecule has 0 saturated heterocycles. The van der Waals surface area contributed by atoms with Gasteiger partial charge in [-0.15, -0.1) is 0 Å². The van der Waals surface area contributed by atoms with Crippen molar-refractivity contribution in [3.8, 4) is 0 Å². The lowest BCUT2D eigenvalue weighted by atomic mass is 9.91. The highest BCUT2D eigenvalue weighted by atomic mass is 19.4. The lowest BCUT2D eigenvalue weighted by Gasteiger charge is -2.42. The predicted octanol–water partition coefficient (Wildman–Crippen LogP) is 8.87. The van der Waals surface area contributed by atoms with Crippen LogP contribution in [0, 0.1) is 6.92 Å². The monoisotopic (exact) mass is 715 g/mol. The third-order valence-corrected chi connectivity index (χ3v) is 4.37. The lowest BCUT2D eigenvalue weighted by Crippen LogP contribution is -2.73. The Morgan fingerprint density at radius 1 is 0.256 bits per heavy atom. The van der Waals surface area contributed by atoms with Gasteiger partial charge >= 0.3 is 78.0 Å². The fourth-order valence-electron chi connectivity index (χ4n) is 1.93. The zero-order valence-electron chi connectivity index (χ0n) is 18.2. The molecule has 0 saturated carbocycles. The van der Waals surface area contributed by atoms with Crippen LogP contribution in [0.3, 0.4) is 0 Å². The van der Waals surface area contributed by atoms with Gasteiger partial charge in [-0.05, 0) is 0 Å². The summed E-state index contributed by atoms with van der Waals surface area (Å²) in [5.41, 5.74) is 0. The molecule has 0 atom stereocenters. The van der Waals surface area contributed by atoms with Crippen LogP contribution in [0.2, 0.25) is 0 Å². The Morgan fingerprint density at radius 2 is 0.465 bits per heavy atom. The summed E-state index contributed by atoms with van der Waals surface area (Å²) in [6.07, 6.45) is -42.1. The largest absolute Gasteiger partial charge is 0.460 e. The van der Waals surface area contributed by atoms with Crippen LogP contribution in [0.1, 0.15) is 0 Å². The first kappa shape index (κ1) is 41.0. The van der Waals surface area contributed by atoms with E-state index in [2.05, 4.69) is 0 Å². The molecule has 0 aliphatic rings. The smallest absolute Gasteiger partial charge is 0.243 e. The Labute approximate surface area is 214 Å². The summed E-state index contributed by atoms with van der Waals surface area (Å²) in [7, 11) is 0. The maximum absolute atomic E-state index is 13.4. The first-order valence-electron chi connectivity index (χ1n) is 8.77. The molecule has 0 aromatic rings. The molecule has 0 N–H and O–H groups in total. The topological polar surface area (TPSA) is 18.5 Å². The van der Waals surface area contributed by atoms with Gasteiger partial charge in [0.25, 0.3) is 0 Å². The van der Waals surface area contributed by atoms with E-state index in [1.165, 1.54) is 0 Å². The molecule has 29 heteroatoms. The Hall–Kier alpha value is -1.97. The van der Waals surface area contributed by atoms with E-state index in [1.807, 2.05) is 0 Å². The van der Waals surface area contributed by atoms with Crippen LogP contribution in [0.5, 0.6) is 0 Å². The number of halogens is 27. The second kappa shape index (κ2) is 10.0. The van der Waals surface area contributed by atoms with Crippen molar-refractivity contribution in [2.24, 2.45) is 0 Å². The Balaban J connectivity index is 6.78. The summed E-state index contributed by atoms with van der Waals surface area (Å²) in [5.74, 6) is -67.7. The molecule has 0 aliphatic carbocycles. The minimum atomic E-state index is -9.17. The Bertz CT molecular complexity index is 998. The number of ether oxygens (including phenoxy) is 2. The van der Waals surface area contributed by atoms with Crippen LogP contribution in [-0.4, -0.2) is 78.0 Å². The minimum absolute atomic E-state index is 0.743. The van der Waals surface area contributed by atoms with Gasteiger partial charge in [-0.1, -0.05) is 0 Å². The summed E-state index contributed by atoms with van der Waals surface area (Å²) in [6.45, 7) is 0.743. The van der Waals surface area contributed by atoms with Crippen molar-refractivity contribution in [2.75, 3.05) is 0 Å². The summed E-state index contributed by atoms with van der Waals surface area (Å²) < 4.78 is 351. The van der Waals surface area contributed by atoms with Crippen molar-refractivity contribution in [1.29, 1.82) is 0 Å². The highest BCUT2D eigenvalue weighted by molar-refractivity contribution is 5.13. The maximum Gasteiger partial charge on any atom is 0.460 e. The number of rotatable bonds is 13. The third-order valence-electron chi connectivity index (χ3n) is 4.37. The van der Waals surface area contributed by atoms with Gasteiger partial charge in [0.15, 0.2) is 0 Å². The first-order chi connectivity index (χ1) is 17.9. The van der Waals surface area contributed by atoms with E-state index in [-0.39, 0.29) is 0 Å². The second-order valence-corrected chi connectivity index (χ2v) is 7.49. The average Bonchev–Trinajstić information content (AvgIpc) is 2.69. The fourth-order valence-corrected chi connectivity index (χ4v) is 1.93. The van der Waals surface area contributed by atoms with Crippen LogP contribution in [-0.2, 0) is 9.47 Å². The molecule has 0 unspecified atom stereocenters. The van der Waals surface area contributed by atoms with Crippen LogP contribution in [0.4, 0.5) is 119 Å².